The summed E-state index contributed by atoms with van der Waals surface area (Å²) in [6.07, 6.45) is 4.87. The van der Waals surface area contributed by atoms with Crippen LogP contribution in [0.4, 0.5) is 30.0 Å². The summed E-state index contributed by atoms with van der Waals surface area (Å²) in [6, 6.07) is 14.7. The molecule has 520 valence electrons. The maximum atomic E-state index is 14.7. The van der Waals surface area contributed by atoms with Crippen molar-refractivity contribution in [2.45, 2.75) is 234 Å². The average molecular weight is 1340 g/mol. The van der Waals surface area contributed by atoms with Gasteiger partial charge in [0.05, 0.1) is 5.56 Å². The van der Waals surface area contributed by atoms with E-state index in [-0.39, 0.29) is 61.4 Å². The van der Waals surface area contributed by atoms with Crippen LogP contribution in [0.2, 0.25) is 0 Å². The molecule has 25 heteroatoms. The number of amides is 3. The second-order valence-electron chi connectivity index (χ2n) is 32.5. The number of pyridine rings is 4. The summed E-state index contributed by atoms with van der Waals surface area (Å²) in [6.45, 7) is 46.4. The molecule has 0 aromatic carbocycles. The van der Waals surface area contributed by atoms with Crippen LogP contribution in [0.1, 0.15) is 223 Å². The Hall–Kier alpha value is -6.60. The number of nitrogens with one attached hydrogen (secondary N) is 3. The van der Waals surface area contributed by atoms with Crippen molar-refractivity contribution in [1.29, 1.82) is 0 Å². The largest absolute Gasteiger partial charge is 0.478 e. The quantitative estimate of drug-likeness (QED) is 0.0614. The number of aromatic carboxylic acids is 1. The number of anilines is 2. The summed E-state index contributed by atoms with van der Waals surface area (Å²) < 4.78 is 90.4. The van der Waals surface area contributed by atoms with E-state index in [0.29, 0.717) is 61.0 Å². The molecular formula is C68H106F2N10O11S2. The summed E-state index contributed by atoms with van der Waals surface area (Å²) in [4.78, 5) is 68.6. The molecule has 6 N–H and O–H groups in total. The predicted molar refractivity (Wildman–Crippen MR) is 359 cm³/mol. The van der Waals surface area contributed by atoms with Gasteiger partial charge in [0.2, 0.25) is 11.9 Å². The smallest absolute Gasteiger partial charge is 0.410 e. The standard InChI is InChI=1S/C34H52FN5O5S.C24H42N4O4S.C10H12FNO2/c1-31(2,3)18-22(17-23-19-34(10,11)40(21-23)30(42)45-33(7,8)9)20-36-26-13-12-14-27(38-26)46(43,44)39-29(41)24-15-16-25(32(4,5)6)37-28(24)35;1-22(2,3)13-17(15-26-19-10-9-11-20(27-19)33(25,30)31)12-18-14-24(7,8)28(16-18)21(29)32-23(4,5)6;1-10(2,3)7-5-4-6(9(13)14)8(11)12-7/h12-16,22-23H,17-21H2,1-11H3,(H,36,38)(H,39,41);9-11,17-18H,12-16H2,1-8H3,(H,26,27)(H2,25,30,31);4-5H,1-3H3,(H,13,14)/t22?,23-;17?,18-;/m00./s1. The molecule has 0 saturated carbocycles. The molecule has 0 aliphatic carbocycles. The van der Waals surface area contributed by atoms with Crippen molar-refractivity contribution >= 4 is 55.7 Å². The highest BCUT2D eigenvalue weighted by Crippen LogP contribution is 2.41. The number of aromatic nitrogens is 4. The number of primary sulfonamides is 1. The Bertz CT molecular complexity index is 3490. The van der Waals surface area contributed by atoms with Crippen LogP contribution in [-0.2, 0) is 40.4 Å². The van der Waals surface area contributed by atoms with Crippen molar-refractivity contribution in [1.82, 2.24) is 34.5 Å². The lowest BCUT2D eigenvalue weighted by atomic mass is 9.79. The van der Waals surface area contributed by atoms with E-state index >= 15 is 0 Å². The molecule has 93 heavy (non-hydrogen) atoms. The maximum Gasteiger partial charge on any atom is 0.410 e. The van der Waals surface area contributed by atoms with Crippen LogP contribution in [0.3, 0.4) is 0 Å². The number of sulfonamides is 2. The molecule has 2 unspecified atom stereocenters. The van der Waals surface area contributed by atoms with Crippen molar-refractivity contribution in [2.24, 2.45) is 39.6 Å². The number of nitrogens with two attached hydrogens (primary N) is 1. The Morgan fingerprint density at radius 1 is 0.581 bits per heavy atom. The minimum atomic E-state index is -4.41. The normalized spacial score (nSPS) is 17.6. The number of carbonyl (C=O) groups is 4. The Morgan fingerprint density at radius 2 is 0.946 bits per heavy atom. The van der Waals surface area contributed by atoms with Crippen LogP contribution < -0.4 is 20.5 Å². The molecule has 2 fully saturated rings. The van der Waals surface area contributed by atoms with E-state index in [1.165, 1.54) is 42.5 Å². The third kappa shape index (κ3) is 25.6. The number of hydrogen-bond donors (Lipinski definition) is 5. The zero-order chi connectivity index (χ0) is 71.1. The fourth-order valence-corrected chi connectivity index (χ4v) is 13.0. The number of ether oxygens (including phenoxy) is 2. The second kappa shape index (κ2) is 30.0. The van der Waals surface area contributed by atoms with E-state index in [0.717, 1.165) is 38.5 Å². The molecule has 4 atom stereocenters. The van der Waals surface area contributed by atoms with Gasteiger partial charge in [0.15, 0.2) is 10.1 Å². The number of hydrogen-bond acceptors (Lipinski definition) is 16. The van der Waals surface area contributed by atoms with Crippen LogP contribution >= 0.6 is 0 Å². The summed E-state index contributed by atoms with van der Waals surface area (Å²) in [5.74, 6) is -2.44. The van der Waals surface area contributed by atoms with Crippen molar-refractivity contribution in [3.8, 4) is 0 Å². The molecular weight excluding hydrogens is 1230 g/mol. The summed E-state index contributed by atoms with van der Waals surface area (Å²) in [5.41, 5.74) is -2.16. The Labute approximate surface area is 552 Å². The number of rotatable bonds is 17. The van der Waals surface area contributed by atoms with E-state index < -0.39 is 71.6 Å². The molecule has 2 aliphatic heterocycles. The highest BCUT2D eigenvalue weighted by molar-refractivity contribution is 7.90. The third-order valence-corrected chi connectivity index (χ3v) is 17.4. The fourth-order valence-electron chi connectivity index (χ4n) is 11.6. The Balaban J connectivity index is 0.000000339. The van der Waals surface area contributed by atoms with Gasteiger partial charge in [0, 0.05) is 59.5 Å². The first-order valence-corrected chi connectivity index (χ1v) is 34.7. The predicted octanol–water partition coefficient (Wildman–Crippen LogP) is 13.8. The van der Waals surface area contributed by atoms with E-state index in [9.17, 15) is 44.8 Å². The van der Waals surface area contributed by atoms with Gasteiger partial charge in [-0.1, -0.05) is 95.2 Å². The van der Waals surface area contributed by atoms with Crippen LogP contribution in [0.15, 0.2) is 70.7 Å². The maximum absolute atomic E-state index is 14.7. The molecule has 6 rings (SSSR count). The second-order valence-corrected chi connectivity index (χ2v) is 35.7. The molecule has 2 aliphatic rings. The van der Waals surface area contributed by atoms with E-state index in [4.69, 9.17) is 19.7 Å². The molecule has 21 nitrogen and oxygen atoms in total. The molecule has 6 heterocycles. The van der Waals surface area contributed by atoms with Crippen molar-refractivity contribution in [3.63, 3.8) is 0 Å². The first-order chi connectivity index (χ1) is 42.0. The summed E-state index contributed by atoms with van der Waals surface area (Å²) in [7, 11) is -8.26. The topological polar surface area (TPSA) is 295 Å². The van der Waals surface area contributed by atoms with Crippen molar-refractivity contribution in [2.75, 3.05) is 36.8 Å². The van der Waals surface area contributed by atoms with Crippen molar-refractivity contribution < 1.29 is 59.4 Å². The van der Waals surface area contributed by atoms with Gasteiger partial charge in [0.25, 0.3) is 26.0 Å². The molecule has 0 bridgehead atoms. The number of halogens is 2. The number of likely N-dealkylation sites (tertiary alicyclic amines) is 2. The van der Waals surface area contributed by atoms with Gasteiger partial charge in [-0.05, 0) is 191 Å². The first-order valence-electron chi connectivity index (χ1n) is 31.6. The van der Waals surface area contributed by atoms with Gasteiger partial charge in [0.1, 0.15) is 28.4 Å². The summed E-state index contributed by atoms with van der Waals surface area (Å²) in [5, 5.41) is 19.9. The number of carboxylic acids is 1. The highest BCUT2D eigenvalue weighted by Gasteiger charge is 2.45. The van der Waals surface area contributed by atoms with E-state index in [1.54, 1.807) is 18.2 Å². The Kier molecular flexibility index (Phi) is 25.4. The number of nitrogens with zero attached hydrogens (tertiary/aromatic N) is 6. The molecule has 0 radical (unpaired) electrons. The minimum Gasteiger partial charge on any atom is -0.478 e. The highest BCUT2D eigenvalue weighted by atomic mass is 32.2. The molecule has 3 amide bonds. The first kappa shape index (κ1) is 78.8. The fraction of sp³-hybridized carbons (Fsp3) is 0.647. The van der Waals surface area contributed by atoms with Gasteiger partial charge in [-0.15, -0.1) is 0 Å². The van der Waals surface area contributed by atoms with Gasteiger partial charge in [-0.2, -0.15) is 17.2 Å². The number of carbonyl (C=O) groups excluding carboxylic acids is 3. The lowest BCUT2D eigenvalue weighted by molar-refractivity contribution is 0.0118. The van der Waals surface area contributed by atoms with Crippen LogP contribution in [0, 0.1) is 46.4 Å². The average Bonchev–Trinajstić information content (AvgIpc) is 1.76. The van der Waals surface area contributed by atoms with Gasteiger partial charge in [-0.25, -0.2) is 52.6 Å². The monoisotopic (exact) mass is 1340 g/mol. The van der Waals surface area contributed by atoms with Crippen LogP contribution in [-0.4, -0.2) is 124 Å². The van der Waals surface area contributed by atoms with Crippen molar-refractivity contribution in [3.05, 3.63) is 95.1 Å². The minimum absolute atomic E-state index is 0.0312. The lowest BCUT2D eigenvalue weighted by Gasteiger charge is -2.33. The number of carboxylic acid groups (broad SMARTS) is 1. The molecule has 0 spiro atoms. The van der Waals surface area contributed by atoms with Gasteiger partial charge in [-0.3, -0.25) is 4.79 Å². The molecule has 2 saturated heterocycles. The SMILES string of the molecule is CC(C)(C)CC(CNc1cccc(S(=O)(=O)NC(=O)c2ccc(C(C)(C)C)nc2F)n1)C[C@@H]1CN(C(=O)OC(C)(C)C)C(C)(C)C1.CC(C)(C)CC(CNc1cccc(S(N)(=O)=O)n1)C[C@@H]1CN(C(=O)OC(C)(C)C)C(C)(C)C1.CC(C)(C)c1ccc(C(=O)O)c(F)n1. The van der Waals surface area contributed by atoms with Crippen LogP contribution in [0.25, 0.3) is 0 Å². The third-order valence-electron chi connectivity index (χ3n) is 15.4. The molecule has 4 aromatic heterocycles. The van der Waals surface area contributed by atoms with Gasteiger partial charge >= 0.3 is 18.2 Å². The van der Waals surface area contributed by atoms with E-state index in [2.05, 4.69) is 99.8 Å². The Morgan fingerprint density at radius 3 is 1.28 bits per heavy atom. The zero-order valence-electron chi connectivity index (χ0n) is 59.0. The van der Waals surface area contributed by atoms with Crippen LogP contribution in [0.5, 0.6) is 0 Å². The summed E-state index contributed by atoms with van der Waals surface area (Å²) >= 11 is 0. The zero-order valence-corrected chi connectivity index (χ0v) is 60.6. The molecule has 4 aromatic rings. The van der Waals surface area contributed by atoms with Gasteiger partial charge < -0.3 is 35.0 Å². The van der Waals surface area contributed by atoms with E-state index in [1.807, 2.05) is 97.6 Å². The lowest BCUT2D eigenvalue weighted by Crippen LogP contribution is -2.45.